The Morgan fingerprint density at radius 3 is 2.43 bits per heavy atom. The molecule has 5 heteroatoms. The van der Waals surface area contributed by atoms with Crippen molar-refractivity contribution >= 4 is 5.97 Å². The van der Waals surface area contributed by atoms with Gasteiger partial charge in [0.05, 0.1) is 12.5 Å². The van der Waals surface area contributed by atoms with E-state index < -0.39 is 11.5 Å². The summed E-state index contributed by atoms with van der Waals surface area (Å²) >= 11 is 0. The Hall–Kier alpha value is -1.13. The summed E-state index contributed by atoms with van der Waals surface area (Å²) in [5, 5.41) is 10.6. The van der Waals surface area contributed by atoms with Crippen LogP contribution < -0.4 is 0 Å². The van der Waals surface area contributed by atoms with Crippen molar-refractivity contribution in [3.8, 4) is 0 Å². The number of nitro groups is 1. The standard InChI is InChI=1S/C9H17NO4/c1-5-14-8(11)7(2)6-9(3,4)10(12)13/h7H,5-6H2,1-4H3/t7-/m0/s1. The molecule has 0 aromatic heterocycles. The van der Waals surface area contributed by atoms with Crippen LogP contribution in [0.15, 0.2) is 0 Å². The lowest BCUT2D eigenvalue weighted by atomic mass is 9.92. The summed E-state index contributed by atoms with van der Waals surface area (Å²) in [6, 6.07) is 0. The molecule has 0 bridgehead atoms. The van der Waals surface area contributed by atoms with Crippen molar-refractivity contribution < 1.29 is 14.5 Å². The van der Waals surface area contributed by atoms with Crippen LogP contribution >= 0.6 is 0 Å². The summed E-state index contributed by atoms with van der Waals surface area (Å²) in [5.74, 6) is -0.808. The van der Waals surface area contributed by atoms with Gasteiger partial charge in [-0.25, -0.2) is 0 Å². The molecule has 0 unspecified atom stereocenters. The highest BCUT2D eigenvalue weighted by molar-refractivity contribution is 5.72. The Morgan fingerprint density at radius 1 is 1.57 bits per heavy atom. The minimum Gasteiger partial charge on any atom is -0.466 e. The maximum atomic E-state index is 11.2. The van der Waals surface area contributed by atoms with Crippen LogP contribution in [-0.4, -0.2) is 23.0 Å². The van der Waals surface area contributed by atoms with Crippen molar-refractivity contribution in [2.45, 2.75) is 39.7 Å². The van der Waals surface area contributed by atoms with Crippen molar-refractivity contribution in [3.05, 3.63) is 10.1 Å². The third kappa shape index (κ3) is 3.72. The number of carbonyl (C=O) groups excluding carboxylic acids is 1. The van der Waals surface area contributed by atoms with Crippen molar-refractivity contribution in [2.75, 3.05) is 6.61 Å². The van der Waals surface area contributed by atoms with Gasteiger partial charge < -0.3 is 4.74 Å². The summed E-state index contributed by atoms with van der Waals surface area (Å²) in [7, 11) is 0. The van der Waals surface area contributed by atoms with E-state index >= 15 is 0 Å². The largest absolute Gasteiger partial charge is 0.466 e. The predicted molar refractivity (Wildman–Crippen MR) is 51.5 cm³/mol. The molecule has 0 N–H and O–H groups in total. The topological polar surface area (TPSA) is 69.4 Å². The smallest absolute Gasteiger partial charge is 0.308 e. The summed E-state index contributed by atoms with van der Waals surface area (Å²) in [5.41, 5.74) is -1.08. The van der Waals surface area contributed by atoms with Crippen LogP contribution in [0.2, 0.25) is 0 Å². The molecule has 0 saturated heterocycles. The lowest BCUT2D eigenvalue weighted by molar-refractivity contribution is -0.562. The van der Waals surface area contributed by atoms with Gasteiger partial charge in [0.25, 0.3) is 0 Å². The van der Waals surface area contributed by atoms with Crippen LogP contribution in [0, 0.1) is 16.0 Å². The van der Waals surface area contributed by atoms with Gasteiger partial charge in [0.15, 0.2) is 0 Å². The number of esters is 1. The third-order valence-corrected chi connectivity index (χ3v) is 1.99. The van der Waals surface area contributed by atoms with Gasteiger partial charge in [-0.1, -0.05) is 6.92 Å². The van der Waals surface area contributed by atoms with Gasteiger partial charge in [-0.05, 0) is 6.92 Å². The molecule has 5 nitrogen and oxygen atoms in total. The van der Waals surface area contributed by atoms with Crippen molar-refractivity contribution in [3.63, 3.8) is 0 Å². The van der Waals surface area contributed by atoms with Gasteiger partial charge in [0.1, 0.15) is 0 Å². The molecular formula is C9H17NO4. The van der Waals surface area contributed by atoms with Gasteiger partial charge in [-0.3, -0.25) is 14.9 Å². The minimum atomic E-state index is -1.08. The molecule has 0 aliphatic heterocycles. The highest BCUT2D eigenvalue weighted by Crippen LogP contribution is 2.20. The lowest BCUT2D eigenvalue weighted by Gasteiger charge is -2.18. The lowest BCUT2D eigenvalue weighted by Crippen LogP contribution is -2.35. The maximum Gasteiger partial charge on any atom is 0.308 e. The number of rotatable bonds is 5. The second kappa shape index (κ2) is 4.93. The normalized spacial score (nSPS) is 13.4. The van der Waals surface area contributed by atoms with Gasteiger partial charge >= 0.3 is 5.97 Å². The van der Waals surface area contributed by atoms with Crippen LogP contribution in [0.25, 0.3) is 0 Å². The zero-order valence-electron chi connectivity index (χ0n) is 9.07. The first-order chi connectivity index (χ1) is 6.31. The van der Waals surface area contributed by atoms with E-state index in [-0.39, 0.29) is 17.3 Å². The van der Waals surface area contributed by atoms with Crippen LogP contribution in [0.5, 0.6) is 0 Å². The molecule has 0 rings (SSSR count). The van der Waals surface area contributed by atoms with E-state index in [2.05, 4.69) is 0 Å². The van der Waals surface area contributed by atoms with Crippen LogP contribution in [0.3, 0.4) is 0 Å². The number of hydrogen-bond acceptors (Lipinski definition) is 4. The fraction of sp³-hybridized carbons (Fsp3) is 0.889. The summed E-state index contributed by atoms with van der Waals surface area (Å²) < 4.78 is 4.77. The van der Waals surface area contributed by atoms with E-state index in [0.717, 1.165) is 0 Å². The molecule has 0 aliphatic rings. The molecule has 0 saturated carbocycles. The Morgan fingerprint density at radius 2 is 2.07 bits per heavy atom. The second-order valence-electron chi connectivity index (χ2n) is 3.93. The van der Waals surface area contributed by atoms with E-state index in [1.807, 2.05) is 0 Å². The SMILES string of the molecule is CCOC(=O)[C@@H](C)CC(C)(C)[N+](=O)[O-]. The fourth-order valence-electron chi connectivity index (χ4n) is 1.19. The summed E-state index contributed by atoms with van der Waals surface area (Å²) in [6.45, 7) is 6.67. The molecule has 0 aromatic carbocycles. The molecule has 0 amide bonds. The van der Waals surface area contributed by atoms with E-state index in [1.165, 1.54) is 13.8 Å². The van der Waals surface area contributed by atoms with Gasteiger partial charge in [-0.2, -0.15) is 0 Å². The quantitative estimate of drug-likeness (QED) is 0.387. The number of carbonyl (C=O) groups is 1. The zero-order valence-corrected chi connectivity index (χ0v) is 9.07. The number of hydrogen-bond donors (Lipinski definition) is 0. The molecule has 0 aliphatic carbocycles. The molecular weight excluding hydrogens is 186 g/mol. The molecule has 0 heterocycles. The Bertz CT molecular complexity index is 225. The molecule has 0 aromatic rings. The van der Waals surface area contributed by atoms with Crippen molar-refractivity contribution in [1.29, 1.82) is 0 Å². The Balaban J connectivity index is 4.24. The molecule has 82 valence electrons. The van der Waals surface area contributed by atoms with Crippen LogP contribution in [-0.2, 0) is 9.53 Å². The van der Waals surface area contributed by atoms with Gasteiger partial charge in [0, 0.05) is 25.2 Å². The first kappa shape index (κ1) is 12.9. The van der Waals surface area contributed by atoms with E-state index in [1.54, 1.807) is 13.8 Å². The van der Waals surface area contributed by atoms with Crippen LogP contribution in [0.1, 0.15) is 34.1 Å². The first-order valence-corrected chi connectivity index (χ1v) is 4.62. The average Bonchev–Trinajstić information content (AvgIpc) is 2.03. The van der Waals surface area contributed by atoms with E-state index in [0.29, 0.717) is 6.61 Å². The number of nitrogens with zero attached hydrogens (tertiary/aromatic N) is 1. The maximum absolute atomic E-state index is 11.2. The average molecular weight is 203 g/mol. The summed E-state index contributed by atoms with van der Waals surface area (Å²) in [6.07, 6.45) is 0.193. The Labute approximate surface area is 83.6 Å². The number of ether oxygens (including phenoxy) is 1. The Kier molecular flexibility index (Phi) is 4.53. The van der Waals surface area contributed by atoms with Crippen molar-refractivity contribution in [2.24, 2.45) is 5.92 Å². The predicted octanol–water partition coefficient (Wildman–Crippen LogP) is 1.63. The van der Waals surface area contributed by atoms with E-state index in [4.69, 9.17) is 4.74 Å². The minimum absolute atomic E-state index is 0.193. The highest BCUT2D eigenvalue weighted by atomic mass is 16.6. The molecule has 14 heavy (non-hydrogen) atoms. The second-order valence-corrected chi connectivity index (χ2v) is 3.93. The zero-order chi connectivity index (χ0) is 11.4. The first-order valence-electron chi connectivity index (χ1n) is 4.62. The van der Waals surface area contributed by atoms with E-state index in [9.17, 15) is 14.9 Å². The fourth-order valence-corrected chi connectivity index (χ4v) is 1.19. The summed E-state index contributed by atoms with van der Waals surface area (Å²) in [4.78, 5) is 21.4. The van der Waals surface area contributed by atoms with Crippen molar-refractivity contribution in [1.82, 2.24) is 0 Å². The van der Waals surface area contributed by atoms with Gasteiger partial charge in [-0.15, -0.1) is 0 Å². The monoisotopic (exact) mass is 203 g/mol. The highest BCUT2D eigenvalue weighted by Gasteiger charge is 2.35. The molecule has 0 spiro atoms. The van der Waals surface area contributed by atoms with Crippen LogP contribution in [0.4, 0.5) is 0 Å². The molecule has 0 radical (unpaired) electrons. The molecule has 1 atom stereocenters. The molecule has 0 fully saturated rings. The van der Waals surface area contributed by atoms with Gasteiger partial charge in [0.2, 0.25) is 5.54 Å². The third-order valence-electron chi connectivity index (χ3n) is 1.99.